The van der Waals surface area contributed by atoms with E-state index in [4.69, 9.17) is 4.42 Å². The molecule has 0 amide bonds. The Morgan fingerprint density at radius 1 is 0.576 bits per heavy atom. The fourth-order valence-corrected chi connectivity index (χ4v) is 5.13. The Morgan fingerprint density at radius 3 is 2.18 bits per heavy atom. The summed E-state index contributed by atoms with van der Waals surface area (Å²) in [5.74, 6) is 0. The first-order valence-corrected chi connectivity index (χ1v) is 11.3. The lowest BCUT2D eigenvalue weighted by Gasteiger charge is -2.08. The average molecular weight is 424 g/mol. The lowest BCUT2D eigenvalue weighted by atomic mass is 10.00. The van der Waals surface area contributed by atoms with Crippen molar-refractivity contribution in [2.75, 3.05) is 0 Å². The van der Waals surface area contributed by atoms with Crippen LogP contribution in [0, 0.1) is 6.92 Å². The maximum Gasteiger partial charge on any atom is 0.143 e. The SMILES string of the molecule is Cc1ccc2c(c1)c1cc(-c3cccc4c3oc3ccccc34)ccc1n2-c1ccccc1. The molecule has 156 valence electrons. The number of aromatic nitrogens is 1. The van der Waals surface area contributed by atoms with Gasteiger partial charge in [-0.05, 0) is 55.0 Å². The molecule has 0 radical (unpaired) electrons. The topological polar surface area (TPSA) is 18.1 Å². The van der Waals surface area contributed by atoms with Crippen molar-refractivity contribution in [1.29, 1.82) is 0 Å². The third-order valence-electron chi connectivity index (χ3n) is 6.65. The van der Waals surface area contributed by atoms with Crippen LogP contribution in [0.2, 0.25) is 0 Å². The molecule has 5 aromatic carbocycles. The molecule has 7 aromatic rings. The minimum Gasteiger partial charge on any atom is -0.455 e. The van der Waals surface area contributed by atoms with Crippen molar-refractivity contribution in [1.82, 2.24) is 4.57 Å². The molecule has 0 aliphatic rings. The highest BCUT2D eigenvalue weighted by Gasteiger charge is 2.16. The third kappa shape index (κ3) is 2.68. The van der Waals surface area contributed by atoms with E-state index in [1.165, 1.54) is 38.6 Å². The minimum absolute atomic E-state index is 0.928. The maximum absolute atomic E-state index is 6.33. The van der Waals surface area contributed by atoms with E-state index in [-0.39, 0.29) is 0 Å². The second-order valence-electron chi connectivity index (χ2n) is 8.70. The molecular weight excluding hydrogens is 402 g/mol. The van der Waals surface area contributed by atoms with E-state index in [0.29, 0.717) is 0 Å². The summed E-state index contributed by atoms with van der Waals surface area (Å²) < 4.78 is 8.68. The van der Waals surface area contributed by atoms with Crippen molar-refractivity contribution < 1.29 is 4.42 Å². The first-order chi connectivity index (χ1) is 16.3. The van der Waals surface area contributed by atoms with Gasteiger partial charge in [0.25, 0.3) is 0 Å². The molecule has 7 rings (SSSR count). The van der Waals surface area contributed by atoms with Gasteiger partial charge < -0.3 is 8.98 Å². The van der Waals surface area contributed by atoms with Gasteiger partial charge in [0.2, 0.25) is 0 Å². The molecule has 0 fully saturated rings. The van der Waals surface area contributed by atoms with E-state index in [0.717, 1.165) is 27.5 Å². The summed E-state index contributed by atoms with van der Waals surface area (Å²) in [6.45, 7) is 2.16. The Labute approximate surface area is 191 Å². The summed E-state index contributed by atoms with van der Waals surface area (Å²) in [5, 5.41) is 4.84. The van der Waals surface area contributed by atoms with Crippen LogP contribution in [0.5, 0.6) is 0 Å². The summed E-state index contributed by atoms with van der Waals surface area (Å²) in [5.41, 5.74) is 9.04. The van der Waals surface area contributed by atoms with E-state index >= 15 is 0 Å². The molecule has 2 nitrogen and oxygen atoms in total. The Balaban J connectivity index is 1.55. The van der Waals surface area contributed by atoms with Gasteiger partial charge in [0, 0.05) is 32.8 Å². The number of benzene rings is 5. The van der Waals surface area contributed by atoms with E-state index in [1.807, 2.05) is 12.1 Å². The largest absolute Gasteiger partial charge is 0.455 e. The molecule has 2 heteroatoms. The molecule has 2 heterocycles. The molecule has 0 saturated carbocycles. The van der Waals surface area contributed by atoms with E-state index in [9.17, 15) is 0 Å². The van der Waals surface area contributed by atoms with Crippen LogP contribution < -0.4 is 0 Å². The van der Waals surface area contributed by atoms with Crippen LogP contribution in [0.1, 0.15) is 5.56 Å². The minimum atomic E-state index is 0.928. The standard InChI is InChI=1S/C31H21NO/c1-20-14-16-28-26(18-20)27-19-21(15-17-29(27)32(28)22-8-3-2-4-9-22)23-11-7-12-25-24-10-5-6-13-30(24)33-31(23)25/h2-19H,1H3. The summed E-state index contributed by atoms with van der Waals surface area (Å²) in [4.78, 5) is 0. The van der Waals surface area contributed by atoms with Gasteiger partial charge in [0.05, 0.1) is 11.0 Å². The van der Waals surface area contributed by atoms with Crippen molar-refractivity contribution in [3.63, 3.8) is 0 Å². The number of hydrogen-bond donors (Lipinski definition) is 0. The Morgan fingerprint density at radius 2 is 1.30 bits per heavy atom. The van der Waals surface area contributed by atoms with Crippen LogP contribution in [0.15, 0.2) is 114 Å². The third-order valence-corrected chi connectivity index (χ3v) is 6.65. The number of aryl methyl sites for hydroxylation is 1. The molecule has 33 heavy (non-hydrogen) atoms. The lowest BCUT2D eigenvalue weighted by Crippen LogP contribution is -1.93. The Hall–Kier alpha value is -4.30. The summed E-state index contributed by atoms with van der Waals surface area (Å²) >= 11 is 0. The molecule has 0 spiro atoms. The highest BCUT2D eigenvalue weighted by molar-refractivity contribution is 6.13. The molecule has 0 saturated heterocycles. The first kappa shape index (κ1) is 18.3. The number of fused-ring (bicyclic) bond motifs is 6. The predicted molar refractivity (Wildman–Crippen MR) is 138 cm³/mol. The van der Waals surface area contributed by atoms with Crippen molar-refractivity contribution in [2.24, 2.45) is 0 Å². The fourth-order valence-electron chi connectivity index (χ4n) is 5.13. The monoisotopic (exact) mass is 423 g/mol. The summed E-state index contributed by atoms with van der Waals surface area (Å²) in [6, 6.07) is 38.8. The van der Waals surface area contributed by atoms with Crippen molar-refractivity contribution >= 4 is 43.7 Å². The van der Waals surface area contributed by atoms with Gasteiger partial charge in [-0.1, -0.05) is 72.3 Å². The Kier molecular flexibility index (Phi) is 3.80. The van der Waals surface area contributed by atoms with Crippen molar-refractivity contribution in [3.8, 4) is 16.8 Å². The molecular formula is C31H21NO. The molecule has 2 aromatic heterocycles. The first-order valence-electron chi connectivity index (χ1n) is 11.3. The molecule has 0 aliphatic carbocycles. The molecule has 0 unspecified atom stereocenters. The molecule has 0 N–H and O–H groups in total. The van der Waals surface area contributed by atoms with Gasteiger partial charge in [-0.3, -0.25) is 0 Å². The zero-order valence-corrected chi connectivity index (χ0v) is 18.2. The van der Waals surface area contributed by atoms with E-state index in [1.54, 1.807) is 0 Å². The van der Waals surface area contributed by atoms with Gasteiger partial charge in [-0.2, -0.15) is 0 Å². The average Bonchev–Trinajstić information content (AvgIpc) is 3.39. The second kappa shape index (κ2) is 6.85. The van der Waals surface area contributed by atoms with Crippen molar-refractivity contribution in [3.05, 3.63) is 115 Å². The quantitative estimate of drug-likeness (QED) is 0.272. The van der Waals surface area contributed by atoms with Crippen LogP contribution in [0.4, 0.5) is 0 Å². The number of nitrogens with zero attached hydrogens (tertiary/aromatic N) is 1. The smallest absolute Gasteiger partial charge is 0.143 e. The summed E-state index contributed by atoms with van der Waals surface area (Å²) in [6.07, 6.45) is 0. The highest BCUT2D eigenvalue weighted by Crippen LogP contribution is 2.39. The second-order valence-corrected chi connectivity index (χ2v) is 8.70. The van der Waals surface area contributed by atoms with Crippen molar-refractivity contribution in [2.45, 2.75) is 6.92 Å². The number of rotatable bonds is 2. The lowest BCUT2D eigenvalue weighted by molar-refractivity contribution is 0.670. The fraction of sp³-hybridized carbons (Fsp3) is 0.0323. The zero-order valence-electron chi connectivity index (χ0n) is 18.2. The highest BCUT2D eigenvalue weighted by atomic mass is 16.3. The van der Waals surface area contributed by atoms with Gasteiger partial charge >= 0.3 is 0 Å². The van der Waals surface area contributed by atoms with Gasteiger partial charge in [-0.25, -0.2) is 0 Å². The van der Waals surface area contributed by atoms with Crippen LogP contribution in [0.3, 0.4) is 0 Å². The number of hydrogen-bond acceptors (Lipinski definition) is 1. The molecule has 0 bridgehead atoms. The zero-order chi connectivity index (χ0) is 21.9. The van der Waals surface area contributed by atoms with Crippen LogP contribution in [0.25, 0.3) is 60.6 Å². The number of furan rings is 1. The Bertz CT molecular complexity index is 1820. The van der Waals surface area contributed by atoms with Crippen LogP contribution in [-0.4, -0.2) is 4.57 Å². The van der Waals surface area contributed by atoms with Gasteiger partial charge in [-0.15, -0.1) is 0 Å². The predicted octanol–water partition coefficient (Wildman–Crippen LogP) is 8.66. The normalized spacial score (nSPS) is 11.8. The van der Waals surface area contributed by atoms with Crippen LogP contribution >= 0.6 is 0 Å². The van der Waals surface area contributed by atoms with Crippen LogP contribution in [-0.2, 0) is 0 Å². The molecule has 0 atom stereocenters. The summed E-state index contributed by atoms with van der Waals surface area (Å²) in [7, 11) is 0. The van der Waals surface area contributed by atoms with E-state index < -0.39 is 0 Å². The van der Waals surface area contributed by atoms with Gasteiger partial charge in [0.1, 0.15) is 11.2 Å². The maximum atomic E-state index is 6.33. The molecule has 0 aliphatic heterocycles. The van der Waals surface area contributed by atoms with Gasteiger partial charge in [0.15, 0.2) is 0 Å². The van der Waals surface area contributed by atoms with E-state index in [2.05, 4.69) is 109 Å². The number of para-hydroxylation sites is 3.